The Labute approximate surface area is 177 Å². The fraction of sp³-hybridized carbons (Fsp3) is 0.462. The number of unbranched alkanes of at least 4 members (excludes halogenated alkanes) is 2. The molecule has 2 aromatic carbocycles. The minimum Gasteiger partial charge on any atom is -0.395 e. The number of anilines is 2. The SMILES string of the molecule is CCCCN(CCCC)c1ccc(C=Cc2ccc(N(CC)CCO)cc2)cc1. The van der Waals surface area contributed by atoms with E-state index in [2.05, 4.69) is 91.3 Å². The van der Waals surface area contributed by atoms with Gasteiger partial charge in [0.05, 0.1) is 6.61 Å². The standard InChI is InChI=1S/C26H38N2O/c1-4-7-19-28(20-8-5-2)26-17-13-24(14-18-26)10-9-23-11-15-25(16-12-23)27(6-3)21-22-29/h9-18,29H,4-8,19-22H2,1-3H3. The molecule has 0 aliphatic rings. The second kappa shape index (κ2) is 13.1. The molecule has 0 aliphatic heterocycles. The quantitative estimate of drug-likeness (QED) is 0.417. The predicted octanol–water partition coefficient (Wildman–Crippen LogP) is 6.08. The van der Waals surface area contributed by atoms with Gasteiger partial charge in [-0.05, 0) is 55.2 Å². The Balaban J connectivity index is 2.01. The van der Waals surface area contributed by atoms with Crippen molar-refractivity contribution in [1.82, 2.24) is 0 Å². The van der Waals surface area contributed by atoms with Crippen molar-refractivity contribution in [2.45, 2.75) is 46.5 Å². The van der Waals surface area contributed by atoms with Gasteiger partial charge in [-0.2, -0.15) is 0 Å². The molecule has 0 atom stereocenters. The van der Waals surface area contributed by atoms with E-state index in [4.69, 9.17) is 0 Å². The van der Waals surface area contributed by atoms with Gasteiger partial charge in [-0.25, -0.2) is 0 Å². The smallest absolute Gasteiger partial charge is 0.0606 e. The zero-order chi connectivity index (χ0) is 20.9. The molecule has 2 rings (SSSR count). The molecule has 0 aliphatic carbocycles. The second-order valence-corrected chi connectivity index (χ2v) is 7.51. The van der Waals surface area contributed by atoms with Gasteiger partial charge in [-0.15, -0.1) is 0 Å². The van der Waals surface area contributed by atoms with E-state index in [0.29, 0.717) is 6.54 Å². The number of hydrogen-bond donors (Lipinski definition) is 1. The number of aliphatic hydroxyl groups excluding tert-OH is 1. The highest BCUT2D eigenvalue weighted by molar-refractivity contribution is 5.71. The Morgan fingerprint density at radius 1 is 0.655 bits per heavy atom. The molecule has 0 bridgehead atoms. The molecule has 158 valence electrons. The maximum Gasteiger partial charge on any atom is 0.0606 e. The minimum atomic E-state index is 0.180. The van der Waals surface area contributed by atoms with Crippen LogP contribution in [0.2, 0.25) is 0 Å². The largest absolute Gasteiger partial charge is 0.395 e. The molecule has 3 heteroatoms. The zero-order valence-corrected chi connectivity index (χ0v) is 18.5. The summed E-state index contributed by atoms with van der Waals surface area (Å²) in [6.07, 6.45) is 9.29. The van der Waals surface area contributed by atoms with Crippen LogP contribution in [0, 0.1) is 0 Å². The van der Waals surface area contributed by atoms with Crippen molar-refractivity contribution in [3.63, 3.8) is 0 Å². The van der Waals surface area contributed by atoms with E-state index in [-0.39, 0.29) is 6.61 Å². The van der Waals surface area contributed by atoms with E-state index in [9.17, 15) is 5.11 Å². The number of hydrogen-bond acceptors (Lipinski definition) is 3. The van der Waals surface area contributed by atoms with Crippen LogP contribution in [0.15, 0.2) is 48.5 Å². The number of likely N-dealkylation sites (N-methyl/N-ethyl adjacent to an activating group) is 1. The number of rotatable bonds is 13. The molecule has 2 aromatic rings. The van der Waals surface area contributed by atoms with Crippen LogP contribution in [0.3, 0.4) is 0 Å². The molecule has 0 fully saturated rings. The molecule has 29 heavy (non-hydrogen) atoms. The summed E-state index contributed by atoms with van der Waals surface area (Å²) in [7, 11) is 0. The Morgan fingerprint density at radius 3 is 1.48 bits per heavy atom. The van der Waals surface area contributed by atoms with E-state index in [1.807, 2.05) is 0 Å². The Kier molecular flexibility index (Phi) is 10.4. The monoisotopic (exact) mass is 394 g/mol. The summed E-state index contributed by atoms with van der Waals surface area (Å²) >= 11 is 0. The summed E-state index contributed by atoms with van der Waals surface area (Å²) in [5.41, 5.74) is 4.89. The Morgan fingerprint density at radius 2 is 1.10 bits per heavy atom. The van der Waals surface area contributed by atoms with E-state index in [1.54, 1.807) is 0 Å². The lowest BCUT2D eigenvalue weighted by Gasteiger charge is -2.24. The number of nitrogens with zero attached hydrogens (tertiary/aromatic N) is 2. The van der Waals surface area contributed by atoms with Gasteiger partial charge in [-0.3, -0.25) is 0 Å². The average molecular weight is 395 g/mol. The molecule has 0 heterocycles. The van der Waals surface area contributed by atoms with Crippen LogP contribution >= 0.6 is 0 Å². The predicted molar refractivity (Wildman–Crippen MR) is 129 cm³/mol. The maximum absolute atomic E-state index is 9.18. The van der Waals surface area contributed by atoms with Gasteiger partial charge < -0.3 is 14.9 Å². The normalized spacial score (nSPS) is 11.2. The van der Waals surface area contributed by atoms with Crippen LogP contribution in [0.5, 0.6) is 0 Å². The molecule has 0 spiro atoms. The fourth-order valence-electron chi connectivity index (χ4n) is 3.44. The van der Waals surface area contributed by atoms with Gasteiger partial charge in [0.2, 0.25) is 0 Å². The van der Waals surface area contributed by atoms with Crippen molar-refractivity contribution >= 4 is 23.5 Å². The lowest BCUT2D eigenvalue weighted by atomic mass is 10.1. The van der Waals surface area contributed by atoms with Crippen LogP contribution in [0.25, 0.3) is 12.2 Å². The molecule has 0 saturated heterocycles. The van der Waals surface area contributed by atoms with Gasteiger partial charge in [0.1, 0.15) is 0 Å². The van der Waals surface area contributed by atoms with Crippen molar-refractivity contribution in [3.05, 3.63) is 59.7 Å². The third-order valence-electron chi connectivity index (χ3n) is 5.30. The van der Waals surface area contributed by atoms with Crippen LogP contribution < -0.4 is 9.80 Å². The molecule has 0 aromatic heterocycles. The van der Waals surface area contributed by atoms with Crippen LogP contribution in [-0.2, 0) is 0 Å². The molecule has 0 unspecified atom stereocenters. The summed E-state index contributed by atoms with van der Waals surface area (Å²) in [6, 6.07) is 17.5. The first-order valence-corrected chi connectivity index (χ1v) is 11.2. The summed E-state index contributed by atoms with van der Waals surface area (Å²) in [5, 5.41) is 9.18. The first kappa shape index (κ1) is 23.0. The topological polar surface area (TPSA) is 26.7 Å². The molecule has 0 saturated carbocycles. The highest BCUT2D eigenvalue weighted by Crippen LogP contribution is 2.20. The van der Waals surface area contributed by atoms with Crippen molar-refractivity contribution in [2.75, 3.05) is 42.6 Å². The Hall–Kier alpha value is -2.26. The van der Waals surface area contributed by atoms with Crippen LogP contribution in [0.4, 0.5) is 11.4 Å². The second-order valence-electron chi connectivity index (χ2n) is 7.51. The van der Waals surface area contributed by atoms with Crippen molar-refractivity contribution in [2.24, 2.45) is 0 Å². The van der Waals surface area contributed by atoms with Crippen molar-refractivity contribution in [3.8, 4) is 0 Å². The Bertz CT molecular complexity index is 698. The fourth-order valence-corrected chi connectivity index (χ4v) is 3.44. The highest BCUT2D eigenvalue weighted by atomic mass is 16.3. The average Bonchev–Trinajstić information content (AvgIpc) is 2.77. The van der Waals surface area contributed by atoms with Gasteiger partial charge in [0.15, 0.2) is 0 Å². The summed E-state index contributed by atoms with van der Waals surface area (Å²) < 4.78 is 0. The maximum atomic E-state index is 9.18. The molecular weight excluding hydrogens is 356 g/mol. The van der Waals surface area contributed by atoms with Gasteiger partial charge in [0, 0.05) is 37.6 Å². The van der Waals surface area contributed by atoms with E-state index < -0.39 is 0 Å². The highest BCUT2D eigenvalue weighted by Gasteiger charge is 2.05. The molecule has 3 nitrogen and oxygen atoms in total. The van der Waals surface area contributed by atoms with Gasteiger partial charge in [-0.1, -0.05) is 63.1 Å². The van der Waals surface area contributed by atoms with Gasteiger partial charge in [0.25, 0.3) is 0 Å². The van der Waals surface area contributed by atoms with Crippen molar-refractivity contribution in [1.29, 1.82) is 0 Å². The lowest BCUT2D eigenvalue weighted by Crippen LogP contribution is -2.25. The van der Waals surface area contributed by atoms with E-state index in [0.717, 1.165) is 25.3 Å². The summed E-state index contributed by atoms with van der Waals surface area (Å²) in [4.78, 5) is 4.69. The van der Waals surface area contributed by atoms with E-state index in [1.165, 1.54) is 42.5 Å². The number of aliphatic hydroxyl groups is 1. The first-order chi connectivity index (χ1) is 14.2. The van der Waals surface area contributed by atoms with Gasteiger partial charge >= 0.3 is 0 Å². The third kappa shape index (κ3) is 7.58. The van der Waals surface area contributed by atoms with Crippen LogP contribution in [-0.4, -0.2) is 37.9 Å². The van der Waals surface area contributed by atoms with Crippen molar-refractivity contribution < 1.29 is 5.11 Å². The van der Waals surface area contributed by atoms with Crippen LogP contribution in [0.1, 0.15) is 57.6 Å². The molecule has 1 N–H and O–H groups in total. The zero-order valence-electron chi connectivity index (χ0n) is 18.5. The lowest BCUT2D eigenvalue weighted by molar-refractivity contribution is 0.302. The molecular formula is C26H38N2O. The molecule has 0 radical (unpaired) electrons. The minimum absolute atomic E-state index is 0.180. The summed E-state index contributed by atoms with van der Waals surface area (Å²) in [6.45, 7) is 10.7. The number of benzene rings is 2. The first-order valence-electron chi connectivity index (χ1n) is 11.2. The van der Waals surface area contributed by atoms with E-state index >= 15 is 0 Å². The summed E-state index contributed by atoms with van der Waals surface area (Å²) in [5.74, 6) is 0. The molecule has 0 amide bonds. The third-order valence-corrected chi connectivity index (χ3v) is 5.30.